The van der Waals surface area contributed by atoms with E-state index in [0.717, 1.165) is 11.1 Å². The Morgan fingerprint density at radius 1 is 0.724 bits per heavy atom. The minimum atomic E-state index is -3.97. The van der Waals surface area contributed by atoms with E-state index in [1.54, 1.807) is 24.3 Å². The van der Waals surface area contributed by atoms with Crippen molar-refractivity contribution in [2.24, 2.45) is 0 Å². The molecule has 0 radical (unpaired) electrons. The van der Waals surface area contributed by atoms with Crippen LogP contribution in [0, 0.1) is 13.8 Å². The predicted octanol–water partition coefficient (Wildman–Crippen LogP) is 2.16. The van der Waals surface area contributed by atoms with Crippen molar-refractivity contribution in [1.82, 2.24) is 0 Å². The minimum absolute atomic E-state index is 0.0248. The van der Waals surface area contributed by atoms with Crippen molar-refractivity contribution in [3.63, 3.8) is 0 Å². The molecule has 10 heteroatoms. The summed E-state index contributed by atoms with van der Waals surface area (Å²) in [6, 6.07) is 12.5. The van der Waals surface area contributed by atoms with Crippen LogP contribution in [0.2, 0.25) is 0 Å². The maximum absolute atomic E-state index is 12.3. The lowest BCUT2D eigenvalue weighted by molar-refractivity contribution is 0.0269. The second-order valence-corrected chi connectivity index (χ2v) is 9.86. The van der Waals surface area contributed by atoms with E-state index in [-0.39, 0.29) is 29.8 Å². The largest absolute Gasteiger partial charge is 0.347 e. The van der Waals surface area contributed by atoms with E-state index in [1.807, 2.05) is 13.8 Å². The van der Waals surface area contributed by atoms with E-state index < -0.39 is 32.4 Å². The van der Waals surface area contributed by atoms with Crippen molar-refractivity contribution < 1.29 is 34.7 Å². The molecule has 0 spiro atoms. The van der Waals surface area contributed by atoms with E-state index in [1.165, 1.54) is 24.3 Å². The molecule has 2 aromatic carbocycles. The molecular formula is C19H22O8S2. The van der Waals surface area contributed by atoms with Gasteiger partial charge in [0.15, 0.2) is 0 Å². The van der Waals surface area contributed by atoms with Gasteiger partial charge in [-0.1, -0.05) is 35.4 Å². The Bertz CT molecular complexity index is 943. The van der Waals surface area contributed by atoms with Crippen LogP contribution in [-0.4, -0.2) is 49.1 Å². The van der Waals surface area contributed by atoms with Gasteiger partial charge >= 0.3 is 0 Å². The lowest BCUT2D eigenvalue weighted by Crippen LogP contribution is -2.33. The van der Waals surface area contributed by atoms with Crippen molar-refractivity contribution in [2.75, 3.05) is 20.0 Å². The van der Waals surface area contributed by atoms with Gasteiger partial charge in [0.05, 0.1) is 23.0 Å². The Labute approximate surface area is 170 Å². The van der Waals surface area contributed by atoms with Gasteiger partial charge < -0.3 is 9.47 Å². The lowest BCUT2D eigenvalue weighted by Gasteiger charge is -2.17. The molecule has 0 saturated carbocycles. The van der Waals surface area contributed by atoms with E-state index in [9.17, 15) is 16.8 Å². The number of aryl methyl sites for hydroxylation is 2. The quantitative estimate of drug-likeness (QED) is 0.573. The molecule has 0 bridgehead atoms. The van der Waals surface area contributed by atoms with Gasteiger partial charge in [0.25, 0.3) is 20.2 Å². The topological polar surface area (TPSA) is 105 Å². The normalized spacial score (nSPS) is 20.1. The van der Waals surface area contributed by atoms with E-state index in [4.69, 9.17) is 17.8 Å². The number of ether oxygens (including phenoxy) is 2. The number of rotatable bonds is 8. The summed E-state index contributed by atoms with van der Waals surface area (Å²) in [5, 5.41) is 0. The zero-order valence-corrected chi connectivity index (χ0v) is 17.6. The zero-order chi connectivity index (χ0) is 21.1. The van der Waals surface area contributed by atoms with Crippen LogP contribution in [0.5, 0.6) is 0 Å². The highest BCUT2D eigenvalue weighted by Gasteiger charge is 2.33. The summed E-state index contributed by atoms with van der Waals surface area (Å²) in [7, 11) is -7.95. The SMILES string of the molecule is Cc1ccc(S(=O)(=O)OCC2OCOC2COS(=O)(=O)c2ccc(C)cc2)cc1. The Kier molecular flexibility index (Phi) is 6.72. The first kappa shape index (κ1) is 21.9. The Morgan fingerprint density at radius 3 is 1.41 bits per heavy atom. The molecule has 0 amide bonds. The van der Waals surface area contributed by atoms with Gasteiger partial charge in [-0.15, -0.1) is 0 Å². The molecule has 1 aliphatic heterocycles. The number of hydrogen-bond donors (Lipinski definition) is 0. The van der Waals surface area contributed by atoms with Gasteiger partial charge in [-0.25, -0.2) is 0 Å². The first-order valence-corrected chi connectivity index (χ1v) is 11.6. The summed E-state index contributed by atoms with van der Waals surface area (Å²) >= 11 is 0. The molecule has 0 aliphatic carbocycles. The van der Waals surface area contributed by atoms with Crippen LogP contribution in [0.1, 0.15) is 11.1 Å². The summed E-state index contributed by atoms with van der Waals surface area (Å²) in [5.74, 6) is 0. The van der Waals surface area contributed by atoms with Crippen molar-refractivity contribution in [3.8, 4) is 0 Å². The molecule has 1 heterocycles. The Hall–Kier alpha value is -1.82. The predicted molar refractivity (Wildman–Crippen MR) is 103 cm³/mol. The van der Waals surface area contributed by atoms with Crippen molar-refractivity contribution >= 4 is 20.2 Å². The monoisotopic (exact) mass is 442 g/mol. The van der Waals surface area contributed by atoms with E-state index >= 15 is 0 Å². The molecule has 1 fully saturated rings. The molecular weight excluding hydrogens is 420 g/mol. The molecule has 2 unspecified atom stereocenters. The third-order valence-electron chi connectivity index (χ3n) is 4.37. The second kappa shape index (κ2) is 8.90. The van der Waals surface area contributed by atoms with E-state index in [0.29, 0.717) is 0 Å². The molecule has 2 atom stereocenters. The maximum atomic E-state index is 12.3. The lowest BCUT2D eigenvalue weighted by atomic mass is 10.2. The first-order chi connectivity index (χ1) is 13.7. The molecule has 1 saturated heterocycles. The summed E-state index contributed by atoms with van der Waals surface area (Å²) in [4.78, 5) is 0.0496. The highest BCUT2D eigenvalue weighted by atomic mass is 32.2. The first-order valence-electron chi connectivity index (χ1n) is 8.83. The molecule has 0 aromatic heterocycles. The maximum Gasteiger partial charge on any atom is 0.297 e. The van der Waals surface area contributed by atoms with Crippen LogP contribution in [0.15, 0.2) is 58.3 Å². The summed E-state index contributed by atoms with van der Waals surface area (Å²) < 4.78 is 69.9. The van der Waals surface area contributed by atoms with Crippen LogP contribution in [0.3, 0.4) is 0 Å². The smallest absolute Gasteiger partial charge is 0.297 e. The molecule has 1 aliphatic rings. The molecule has 8 nitrogen and oxygen atoms in total. The van der Waals surface area contributed by atoms with Gasteiger partial charge in [-0.05, 0) is 38.1 Å². The minimum Gasteiger partial charge on any atom is -0.347 e. The summed E-state index contributed by atoms with van der Waals surface area (Å²) in [5.41, 5.74) is 1.84. The fraction of sp³-hybridized carbons (Fsp3) is 0.368. The molecule has 3 rings (SSSR count). The fourth-order valence-electron chi connectivity index (χ4n) is 2.60. The summed E-state index contributed by atoms with van der Waals surface area (Å²) in [6.07, 6.45) is -1.58. The third kappa shape index (κ3) is 5.62. The fourth-order valence-corrected chi connectivity index (χ4v) is 4.44. The van der Waals surface area contributed by atoms with Crippen molar-refractivity contribution in [3.05, 3.63) is 59.7 Å². The van der Waals surface area contributed by atoms with Crippen LogP contribution in [0.25, 0.3) is 0 Å². The average molecular weight is 443 g/mol. The highest BCUT2D eigenvalue weighted by Crippen LogP contribution is 2.20. The molecule has 2 aromatic rings. The van der Waals surface area contributed by atoms with Gasteiger partial charge in [-0.3, -0.25) is 8.37 Å². The van der Waals surface area contributed by atoms with E-state index in [2.05, 4.69) is 0 Å². The van der Waals surface area contributed by atoms with Gasteiger partial charge in [0.2, 0.25) is 0 Å². The van der Waals surface area contributed by atoms with Crippen molar-refractivity contribution in [2.45, 2.75) is 35.8 Å². The standard InChI is InChI=1S/C19H22O8S2/c1-14-3-7-16(8-4-14)28(20,21)26-11-18-19(25-13-24-18)12-27-29(22,23)17-9-5-15(2)6-10-17/h3-10,18-19H,11-13H2,1-2H3. The molecule has 158 valence electrons. The number of benzene rings is 2. The van der Waals surface area contributed by atoms with Gasteiger partial charge in [0, 0.05) is 0 Å². The second-order valence-electron chi connectivity index (χ2n) is 6.63. The highest BCUT2D eigenvalue weighted by molar-refractivity contribution is 7.87. The van der Waals surface area contributed by atoms with Crippen molar-refractivity contribution in [1.29, 1.82) is 0 Å². The van der Waals surface area contributed by atoms with Gasteiger partial charge in [0.1, 0.15) is 19.0 Å². The Morgan fingerprint density at radius 2 is 1.07 bits per heavy atom. The van der Waals surface area contributed by atoms with Crippen LogP contribution in [0.4, 0.5) is 0 Å². The number of hydrogen-bond acceptors (Lipinski definition) is 8. The van der Waals surface area contributed by atoms with Crippen LogP contribution >= 0.6 is 0 Å². The van der Waals surface area contributed by atoms with Crippen LogP contribution < -0.4 is 0 Å². The summed E-state index contributed by atoms with van der Waals surface area (Å²) in [6.45, 7) is 2.92. The van der Waals surface area contributed by atoms with Gasteiger partial charge in [-0.2, -0.15) is 16.8 Å². The third-order valence-corrected chi connectivity index (χ3v) is 6.96. The van der Waals surface area contributed by atoms with Crippen LogP contribution in [-0.2, 0) is 38.1 Å². The zero-order valence-electron chi connectivity index (χ0n) is 16.0. The average Bonchev–Trinajstić information content (AvgIpc) is 3.13. The molecule has 0 N–H and O–H groups in total. The Balaban J connectivity index is 1.58. The molecule has 29 heavy (non-hydrogen) atoms.